The van der Waals surface area contributed by atoms with Crippen LogP contribution in [-0.4, -0.2) is 33.9 Å². The number of pyridine rings is 1. The van der Waals surface area contributed by atoms with E-state index in [9.17, 15) is 0 Å². The Morgan fingerprint density at radius 3 is 2.68 bits per heavy atom. The number of aromatic nitrogens is 3. The molecule has 1 aliphatic heterocycles. The standard InChI is InChI=1S/C27H27N7/c1-34-18-23(16-32-34)22-13-24-27(31-15-22)33-25(17-30-24)26(21-5-3-2-4-6-21)29-12-11-19-7-9-20(14-28)10-8-19/h2-10,13,15-16,18,25-26,29-30H,11-12,17H2,1H3,(H,31,33)/t25-,26+/m1/s1. The van der Waals surface area contributed by atoms with Gasteiger partial charge in [0.2, 0.25) is 0 Å². The molecule has 0 amide bonds. The van der Waals surface area contributed by atoms with E-state index in [-0.39, 0.29) is 12.1 Å². The third-order valence-electron chi connectivity index (χ3n) is 6.18. The van der Waals surface area contributed by atoms with Crippen LogP contribution in [0.2, 0.25) is 0 Å². The maximum absolute atomic E-state index is 9.01. The Balaban J connectivity index is 1.30. The highest BCUT2D eigenvalue weighted by molar-refractivity contribution is 5.75. The van der Waals surface area contributed by atoms with E-state index in [4.69, 9.17) is 10.2 Å². The molecule has 0 fully saturated rings. The molecule has 3 N–H and O–H groups in total. The highest BCUT2D eigenvalue weighted by Crippen LogP contribution is 2.32. The zero-order valence-electron chi connectivity index (χ0n) is 19.1. The van der Waals surface area contributed by atoms with E-state index in [0.29, 0.717) is 5.56 Å². The van der Waals surface area contributed by atoms with Gasteiger partial charge in [-0.1, -0.05) is 42.5 Å². The number of aryl methyl sites for hydroxylation is 1. The molecule has 0 spiro atoms. The van der Waals surface area contributed by atoms with Crippen LogP contribution in [-0.2, 0) is 13.5 Å². The Kier molecular flexibility index (Phi) is 6.23. The van der Waals surface area contributed by atoms with E-state index in [2.05, 4.69) is 57.5 Å². The number of rotatable bonds is 7. The van der Waals surface area contributed by atoms with Crippen molar-refractivity contribution in [1.82, 2.24) is 20.1 Å². The molecule has 0 bridgehead atoms. The van der Waals surface area contributed by atoms with Crippen LogP contribution in [0, 0.1) is 11.3 Å². The van der Waals surface area contributed by atoms with Gasteiger partial charge in [0.05, 0.1) is 35.6 Å². The number of nitrogens with one attached hydrogen (secondary N) is 3. The van der Waals surface area contributed by atoms with Crippen molar-refractivity contribution in [3.8, 4) is 17.2 Å². The normalized spacial score (nSPS) is 15.5. The molecule has 2 atom stereocenters. The summed E-state index contributed by atoms with van der Waals surface area (Å²) in [4.78, 5) is 4.71. The Hall–Kier alpha value is -4.15. The summed E-state index contributed by atoms with van der Waals surface area (Å²) in [6, 6.07) is 22.9. The first-order valence-corrected chi connectivity index (χ1v) is 11.5. The van der Waals surface area contributed by atoms with Crippen LogP contribution in [0.5, 0.6) is 0 Å². The van der Waals surface area contributed by atoms with Crippen LogP contribution in [0.4, 0.5) is 11.5 Å². The summed E-state index contributed by atoms with van der Waals surface area (Å²) in [6.07, 6.45) is 6.62. The minimum atomic E-state index is 0.111. The number of fused-ring (bicyclic) bond motifs is 1. The van der Waals surface area contributed by atoms with Crippen molar-refractivity contribution in [3.63, 3.8) is 0 Å². The largest absolute Gasteiger partial charge is 0.380 e. The Morgan fingerprint density at radius 1 is 1.12 bits per heavy atom. The van der Waals surface area contributed by atoms with E-state index in [1.165, 1.54) is 11.1 Å². The van der Waals surface area contributed by atoms with Crippen LogP contribution in [0.25, 0.3) is 11.1 Å². The quantitative estimate of drug-likeness (QED) is 0.393. The zero-order chi connectivity index (χ0) is 23.3. The van der Waals surface area contributed by atoms with Crippen molar-refractivity contribution in [2.24, 2.45) is 7.05 Å². The van der Waals surface area contributed by atoms with Gasteiger partial charge in [0, 0.05) is 37.1 Å². The summed E-state index contributed by atoms with van der Waals surface area (Å²) in [5.41, 5.74) is 6.23. The fraction of sp³-hybridized carbons (Fsp3) is 0.222. The highest BCUT2D eigenvalue weighted by Gasteiger charge is 2.27. The second kappa shape index (κ2) is 9.77. The molecule has 0 saturated heterocycles. The van der Waals surface area contributed by atoms with Crippen LogP contribution in [0.1, 0.15) is 22.7 Å². The van der Waals surface area contributed by atoms with Crippen molar-refractivity contribution in [2.45, 2.75) is 18.5 Å². The predicted molar refractivity (Wildman–Crippen MR) is 134 cm³/mol. The van der Waals surface area contributed by atoms with Gasteiger partial charge in [0.25, 0.3) is 0 Å². The first kappa shape index (κ1) is 21.7. The number of hydrogen-bond donors (Lipinski definition) is 3. The molecule has 2 aromatic heterocycles. The molecular weight excluding hydrogens is 422 g/mol. The van der Waals surface area contributed by atoms with Crippen molar-refractivity contribution in [2.75, 3.05) is 23.7 Å². The van der Waals surface area contributed by atoms with Crippen molar-refractivity contribution >= 4 is 11.5 Å². The first-order chi connectivity index (χ1) is 16.7. The van der Waals surface area contributed by atoms with E-state index >= 15 is 0 Å². The van der Waals surface area contributed by atoms with Gasteiger partial charge in [-0.2, -0.15) is 10.4 Å². The minimum Gasteiger partial charge on any atom is -0.380 e. The van der Waals surface area contributed by atoms with Gasteiger partial charge in [0.1, 0.15) is 5.82 Å². The second-order valence-corrected chi connectivity index (χ2v) is 8.56. The summed E-state index contributed by atoms with van der Waals surface area (Å²) in [5, 5.41) is 24.2. The molecule has 0 unspecified atom stereocenters. The van der Waals surface area contributed by atoms with E-state index in [1.54, 1.807) is 4.68 Å². The smallest absolute Gasteiger partial charge is 0.149 e. The molecule has 0 saturated carbocycles. The Morgan fingerprint density at radius 2 is 1.94 bits per heavy atom. The average Bonchev–Trinajstić information content (AvgIpc) is 3.33. The lowest BCUT2D eigenvalue weighted by Gasteiger charge is -2.34. The number of nitrogens with zero attached hydrogens (tertiary/aromatic N) is 4. The molecule has 4 aromatic rings. The second-order valence-electron chi connectivity index (χ2n) is 8.56. The van der Waals surface area contributed by atoms with E-state index < -0.39 is 0 Å². The number of benzene rings is 2. The molecule has 0 aliphatic carbocycles. The lowest BCUT2D eigenvalue weighted by atomic mass is 9.97. The molecule has 7 nitrogen and oxygen atoms in total. The lowest BCUT2D eigenvalue weighted by Crippen LogP contribution is -2.44. The maximum Gasteiger partial charge on any atom is 0.149 e. The number of anilines is 2. The summed E-state index contributed by atoms with van der Waals surface area (Å²) >= 11 is 0. The Bertz CT molecular complexity index is 1290. The highest BCUT2D eigenvalue weighted by atomic mass is 15.2. The molecule has 34 heavy (non-hydrogen) atoms. The molecule has 2 aromatic carbocycles. The van der Waals surface area contributed by atoms with Crippen molar-refractivity contribution in [3.05, 3.63) is 95.9 Å². The molecule has 1 aliphatic rings. The Labute approximate surface area is 199 Å². The van der Waals surface area contributed by atoms with Gasteiger partial charge >= 0.3 is 0 Å². The lowest BCUT2D eigenvalue weighted by molar-refractivity contribution is 0.472. The van der Waals surface area contributed by atoms with Gasteiger partial charge in [-0.25, -0.2) is 4.98 Å². The zero-order valence-corrected chi connectivity index (χ0v) is 19.1. The molecule has 5 rings (SSSR count). The van der Waals surface area contributed by atoms with Gasteiger partial charge in [-0.05, 0) is 42.3 Å². The van der Waals surface area contributed by atoms with Crippen molar-refractivity contribution < 1.29 is 0 Å². The average molecular weight is 450 g/mol. The van der Waals surface area contributed by atoms with Gasteiger partial charge in [-0.15, -0.1) is 0 Å². The number of nitriles is 1. The van der Waals surface area contributed by atoms with E-state index in [1.807, 2.05) is 56.0 Å². The monoisotopic (exact) mass is 449 g/mol. The minimum absolute atomic E-state index is 0.111. The molecule has 0 radical (unpaired) electrons. The third-order valence-corrected chi connectivity index (χ3v) is 6.18. The summed E-state index contributed by atoms with van der Waals surface area (Å²) < 4.78 is 1.80. The molecule has 170 valence electrons. The molecule has 7 heteroatoms. The molecular formula is C27H27N7. The first-order valence-electron chi connectivity index (χ1n) is 11.5. The van der Waals surface area contributed by atoms with Crippen molar-refractivity contribution in [1.29, 1.82) is 5.26 Å². The topological polar surface area (TPSA) is 90.6 Å². The summed E-state index contributed by atoms with van der Waals surface area (Å²) in [6.45, 7) is 1.60. The molecule has 3 heterocycles. The third kappa shape index (κ3) is 4.77. The van der Waals surface area contributed by atoms with Gasteiger partial charge < -0.3 is 16.0 Å². The number of hydrogen-bond acceptors (Lipinski definition) is 6. The fourth-order valence-electron chi connectivity index (χ4n) is 4.36. The van der Waals surface area contributed by atoms with E-state index in [0.717, 1.165) is 42.1 Å². The predicted octanol–water partition coefficient (Wildman–Crippen LogP) is 4.13. The van der Waals surface area contributed by atoms with Gasteiger partial charge in [-0.3, -0.25) is 4.68 Å². The van der Waals surface area contributed by atoms with Crippen LogP contribution >= 0.6 is 0 Å². The SMILES string of the molecule is Cn1cc(-c2cnc3c(c2)NC[C@H]([C@@H](NCCc2ccc(C#N)cc2)c2ccccc2)N3)cn1. The summed E-state index contributed by atoms with van der Waals surface area (Å²) in [7, 11) is 1.91. The van der Waals surface area contributed by atoms with Crippen LogP contribution < -0.4 is 16.0 Å². The fourth-order valence-corrected chi connectivity index (χ4v) is 4.36. The van der Waals surface area contributed by atoms with Crippen LogP contribution in [0.3, 0.4) is 0 Å². The van der Waals surface area contributed by atoms with Crippen LogP contribution in [0.15, 0.2) is 79.3 Å². The summed E-state index contributed by atoms with van der Waals surface area (Å²) in [5.74, 6) is 0.860. The maximum atomic E-state index is 9.01. The van der Waals surface area contributed by atoms with Gasteiger partial charge in [0.15, 0.2) is 0 Å².